The predicted molar refractivity (Wildman–Crippen MR) is 49.8 cm³/mol. The van der Waals surface area contributed by atoms with E-state index in [1.807, 2.05) is 0 Å². The molecule has 1 nitrogen and oxygen atoms in total. The average molecular weight is 252 g/mol. The van der Waals surface area contributed by atoms with Gasteiger partial charge < -0.3 is 12.2 Å². The molecule has 0 amide bonds. The van der Waals surface area contributed by atoms with E-state index in [9.17, 15) is 0 Å². The normalized spacial score (nSPS) is 15.1. The molecular weight excluding hydrogens is 240 g/mol. The minimum Gasteiger partial charge on any atom is -0.390 e. The standard InChI is InChI=1S/C9H12NS.Rb/c1-6-7-4-2-3-5-8(7)11-9(6)10;/h2H,3-5,10H2,1H3;/q-1;+1. The molecule has 0 atom stereocenters. The molecule has 0 aromatic carbocycles. The maximum atomic E-state index is 5.82. The second-order valence-electron chi connectivity index (χ2n) is 3.02. The van der Waals surface area contributed by atoms with E-state index in [2.05, 4.69) is 13.3 Å². The Morgan fingerprint density at radius 1 is 1.50 bits per heavy atom. The number of thiophene rings is 1. The quantitative estimate of drug-likeness (QED) is 0.609. The summed E-state index contributed by atoms with van der Waals surface area (Å²) in [5.74, 6) is 0. The van der Waals surface area contributed by atoms with Gasteiger partial charge in [-0.05, 0) is 18.9 Å². The molecule has 1 aromatic rings. The summed E-state index contributed by atoms with van der Waals surface area (Å²) in [6.07, 6.45) is 5.92. The van der Waals surface area contributed by atoms with Crippen molar-refractivity contribution >= 4 is 16.3 Å². The fourth-order valence-corrected chi connectivity index (χ4v) is 2.70. The van der Waals surface area contributed by atoms with Crippen LogP contribution in [0.1, 0.15) is 22.4 Å². The molecule has 1 aliphatic carbocycles. The summed E-state index contributed by atoms with van der Waals surface area (Å²) in [6, 6.07) is 0. The molecule has 60 valence electrons. The second kappa shape index (κ2) is 4.69. The Labute approximate surface area is 127 Å². The van der Waals surface area contributed by atoms with Crippen molar-refractivity contribution in [1.82, 2.24) is 0 Å². The maximum Gasteiger partial charge on any atom is 1.00 e. The Morgan fingerprint density at radius 2 is 2.25 bits per heavy atom. The molecule has 0 spiro atoms. The average Bonchev–Trinajstić information content (AvgIpc) is 2.30. The Balaban J connectivity index is 0.000000720. The molecule has 12 heavy (non-hydrogen) atoms. The first-order chi connectivity index (χ1) is 5.29. The first kappa shape index (κ1) is 11.4. The summed E-state index contributed by atoms with van der Waals surface area (Å²) in [6.45, 7) is 2.13. The largest absolute Gasteiger partial charge is 1.00 e. The Hall–Kier alpha value is 1.31. The molecule has 2 N–H and O–H groups in total. The van der Waals surface area contributed by atoms with E-state index >= 15 is 0 Å². The van der Waals surface area contributed by atoms with Crippen molar-refractivity contribution in [1.29, 1.82) is 0 Å². The molecule has 0 saturated heterocycles. The fourth-order valence-electron chi connectivity index (χ4n) is 1.58. The van der Waals surface area contributed by atoms with Gasteiger partial charge in [0.05, 0.1) is 5.00 Å². The molecule has 1 aliphatic rings. The molecule has 2 rings (SSSR count). The van der Waals surface area contributed by atoms with Crippen molar-refractivity contribution < 1.29 is 58.2 Å². The zero-order valence-corrected chi connectivity index (χ0v) is 13.4. The van der Waals surface area contributed by atoms with Crippen LogP contribution in [0.15, 0.2) is 0 Å². The number of nitrogen functional groups attached to an aromatic ring is 1. The van der Waals surface area contributed by atoms with Gasteiger partial charge in [-0.2, -0.15) is 12.8 Å². The van der Waals surface area contributed by atoms with Gasteiger partial charge in [0.25, 0.3) is 0 Å². The minimum atomic E-state index is 0. The monoisotopic (exact) mass is 251 g/mol. The zero-order valence-electron chi connectivity index (χ0n) is 7.68. The van der Waals surface area contributed by atoms with E-state index in [0.29, 0.717) is 0 Å². The van der Waals surface area contributed by atoms with Crippen LogP contribution in [0.2, 0.25) is 0 Å². The molecule has 0 fully saturated rings. The van der Waals surface area contributed by atoms with Gasteiger partial charge in [-0.1, -0.05) is 5.56 Å². The van der Waals surface area contributed by atoms with Gasteiger partial charge in [-0.15, -0.1) is 11.3 Å². The third kappa shape index (κ3) is 2.03. The van der Waals surface area contributed by atoms with E-state index in [0.717, 1.165) is 11.4 Å². The van der Waals surface area contributed by atoms with Crippen LogP contribution < -0.4 is 63.9 Å². The van der Waals surface area contributed by atoms with Crippen LogP contribution in [-0.4, -0.2) is 0 Å². The van der Waals surface area contributed by atoms with Gasteiger partial charge in [0.2, 0.25) is 0 Å². The van der Waals surface area contributed by atoms with Crippen LogP contribution >= 0.6 is 11.3 Å². The maximum absolute atomic E-state index is 5.82. The summed E-state index contributed by atoms with van der Waals surface area (Å²) in [5, 5.41) is 1.02. The molecule has 0 bridgehead atoms. The molecule has 3 heteroatoms. The number of nitrogens with two attached hydrogens (primary N) is 1. The fraction of sp³-hybridized carbons (Fsp3) is 0.444. The second-order valence-corrected chi connectivity index (χ2v) is 4.16. The number of fused-ring (bicyclic) bond motifs is 1. The van der Waals surface area contributed by atoms with Crippen LogP contribution in [0, 0.1) is 13.3 Å². The first-order valence-electron chi connectivity index (χ1n) is 3.97. The van der Waals surface area contributed by atoms with Crippen LogP contribution in [0.3, 0.4) is 0 Å². The van der Waals surface area contributed by atoms with Gasteiger partial charge in [0.1, 0.15) is 0 Å². The topological polar surface area (TPSA) is 26.0 Å². The van der Waals surface area contributed by atoms with Gasteiger partial charge in [-0.25, -0.2) is 0 Å². The van der Waals surface area contributed by atoms with Gasteiger partial charge in [0.15, 0.2) is 0 Å². The molecule has 1 heterocycles. The SMILES string of the molecule is Cc1c(N)sc2c1C[CH-]CC2.[Rb+]. The van der Waals surface area contributed by atoms with E-state index in [4.69, 9.17) is 5.73 Å². The van der Waals surface area contributed by atoms with Crippen molar-refractivity contribution in [3.8, 4) is 0 Å². The van der Waals surface area contributed by atoms with Crippen molar-refractivity contribution in [2.45, 2.75) is 26.2 Å². The Morgan fingerprint density at radius 3 is 2.92 bits per heavy atom. The molecule has 1 aromatic heterocycles. The van der Waals surface area contributed by atoms with E-state index < -0.39 is 0 Å². The predicted octanol–water partition coefficient (Wildman–Crippen LogP) is -0.664. The minimum absolute atomic E-state index is 0. The van der Waals surface area contributed by atoms with Crippen molar-refractivity contribution in [2.24, 2.45) is 0 Å². The van der Waals surface area contributed by atoms with E-state index in [1.165, 1.54) is 28.8 Å². The number of rotatable bonds is 0. The molecule has 0 radical (unpaired) electrons. The van der Waals surface area contributed by atoms with Gasteiger partial charge in [0, 0.05) is 4.88 Å². The summed E-state index contributed by atoms with van der Waals surface area (Å²) < 4.78 is 0. The third-order valence-corrected chi connectivity index (χ3v) is 3.54. The van der Waals surface area contributed by atoms with E-state index in [-0.39, 0.29) is 58.2 Å². The molecule has 0 aliphatic heterocycles. The third-order valence-electron chi connectivity index (χ3n) is 2.32. The number of aryl methyl sites for hydroxylation is 1. The summed E-state index contributed by atoms with van der Waals surface area (Å²) in [4.78, 5) is 1.52. The van der Waals surface area contributed by atoms with Crippen molar-refractivity contribution in [3.05, 3.63) is 22.4 Å². The summed E-state index contributed by atoms with van der Waals surface area (Å²) in [7, 11) is 0. The van der Waals surface area contributed by atoms with Gasteiger partial charge >= 0.3 is 58.2 Å². The van der Waals surface area contributed by atoms with Crippen LogP contribution in [0.25, 0.3) is 0 Å². The van der Waals surface area contributed by atoms with E-state index in [1.54, 1.807) is 11.3 Å². The molecular formula is C9H12NRbS. The number of hydrogen-bond acceptors (Lipinski definition) is 2. The Kier molecular flexibility index (Phi) is 4.45. The molecule has 0 unspecified atom stereocenters. The van der Waals surface area contributed by atoms with Gasteiger partial charge in [-0.3, -0.25) is 0 Å². The number of hydrogen-bond donors (Lipinski definition) is 1. The summed E-state index contributed by atoms with van der Waals surface area (Å²) in [5.41, 5.74) is 8.64. The van der Waals surface area contributed by atoms with Crippen molar-refractivity contribution in [3.63, 3.8) is 0 Å². The summed E-state index contributed by atoms with van der Waals surface area (Å²) >= 11 is 1.77. The van der Waals surface area contributed by atoms with Crippen LogP contribution in [0.5, 0.6) is 0 Å². The smallest absolute Gasteiger partial charge is 0.390 e. The van der Waals surface area contributed by atoms with Crippen LogP contribution in [-0.2, 0) is 12.8 Å². The van der Waals surface area contributed by atoms with Crippen LogP contribution in [0.4, 0.5) is 5.00 Å². The first-order valence-corrected chi connectivity index (χ1v) is 4.79. The number of anilines is 1. The van der Waals surface area contributed by atoms with Crippen molar-refractivity contribution in [2.75, 3.05) is 5.73 Å². The molecule has 0 saturated carbocycles. The Bertz CT molecular complexity index is 280. The zero-order chi connectivity index (χ0) is 7.84.